The minimum absolute atomic E-state index is 0.365. The molecule has 4 amide bonds. The van der Waals surface area contributed by atoms with Crippen molar-refractivity contribution in [3.05, 3.63) is 35.4 Å². The van der Waals surface area contributed by atoms with Gasteiger partial charge in [0.1, 0.15) is 17.6 Å². The van der Waals surface area contributed by atoms with E-state index in [1.54, 1.807) is 6.92 Å². The molecule has 0 saturated carbocycles. The average molecular weight is 383 g/mol. The van der Waals surface area contributed by atoms with Crippen LogP contribution in [0.1, 0.15) is 64.5 Å². The Bertz CT molecular complexity index is 803. The fourth-order valence-electron chi connectivity index (χ4n) is 3.35. The van der Waals surface area contributed by atoms with Crippen molar-refractivity contribution in [3.63, 3.8) is 0 Å². The summed E-state index contributed by atoms with van der Waals surface area (Å²) in [6, 6.07) is 6.99. The zero-order chi connectivity index (χ0) is 21.1. The highest BCUT2D eigenvalue weighted by atomic mass is 16.2. The lowest BCUT2D eigenvalue weighted by molar-refractivity contribution is -0.135. The standard InChI is InChI=1S/C22H29N3O3/c1-7-22(8-2,9-3)23-18(26)14-25-19(27)21(6,24-20(25)28)17-12-10-16(11-13-17)15(4)5/h1,10-13,15H,8-9,14H2,2-6H3,(H,23,26)(H,24,28). The molecule has 0 aliphatic carbocycles. The van der Waals surface area contributed by atoms with E-state index in [0.717, 1.165) is 10.5 Å². The third-order valence-electron chi connectivity index (χ3n) is 5.59. The molecule has 1 atom stereocenters. The summed E-state index contributed by atoms with van der Waals surface area (Å²) in [5.41, 5.74) is -0.152. The van der Waals surface area contributed by atoms with Crippen molar-refractivity contribution < 1.29 is 14.4 Å². The number of hydrogen-bond acceptors (Lipinski definition) is 3. The molecule has 2 rings (SSSR count). The van der Waals surface area contributed by atoms with Gasteiger partial charge in [0.25, 0.3) is 5.91 Å². The van der Waals surface area contributed by atoms with E-state index in [1.165, 1.54) is 0 Å². The molecular weight excluding hydrogens is 354 g/mol. The van der Waals surface area contributed by atoms with Crippen molar-refractivity contribution in [1.82, 2.24) is 15.5 Å². The van der Waals surface area contributed by atoms with Gasteiger partial charge in [0.15, 0.2) is 0 Å². The van der Waals surface area contributed by atoms with Gasteiger partial charge in [0, 0.05) is 0 Å². The Morgan fingerprint density at radius 3 is 2.29 bits per heavy atom. The van der Waals surface area contributed by atoms with Crippen LogP contribution < -0.4 is 10.6 Å². The molecular formula is C22H29N3O3. The maximum Gasteiger partial charge on any atom is 0.325 e. The second-order valence-electron chi connectivity index (χ2n) is 7.70. The molecule has 6 heteroatoms. The van der Waals surface area contributed by atoms with E-state index in [1.807, 2.05) is 38.1 Å². The van der Waals surface area contributed by atoms with E-state index in [9.17, 15) is 14.4 Å². The first-order valence-corrected chi connectivity index (χ1v) is 9.65. The van der Waals surface area contributed by atoms with Gasteiger partial charge in [-0.15, -0.1) is 6.42 Å². The zero-order valence-electron chi connectivity index (χ0n) is 17.3. The van der Waals surface area contributed by atoms with Gasteiger partial charge >= 0.3 is 6.03 Å². The number of carbonyl (C=O) groups is 3. The van der Waals surface area contributed by atoms with Gasteiger partial charge in [-0.25, -0.2) is 4.79 Å². The van der Waals surface area contributed by atoms with Crippen molar-refractivity contribution in [1.29, 1.82) is 0 Å². The Morgan fingerprint density at radius 1 is 1.25 bits per heavy atom. The Kier molecular flexibility index (Phi) is 6.18. The van der Waals surface area contributed by atoms with Crippen molar-refractivity contribution in [2.75, 3.05) is 6.54 Å². The molecule has 0 spiro atoms. The number of benzene rings is 1. The third kappa shape index (κ3) is 3.89. The summed E-state index contributed by atoms with van der Waals surface area (Å²) in [7, 11) is 0. The van der Waals surface area contributed by atoms with Crippen molar-refractivity contribution in [2.24, 2.45) is 0 Å². The third-order valence-corrected chi connectivity index (χ3v) is 5.59. The lowest BCUT2D eigenvalue weighted by Crippen LogP contribution is -2.51. The molecule has 1 saturated heterocycles. The molecule has 150 valence electrons. The minimum Gasteiger partial charge on any atom is -0.338 e. The summed E-state index contributed by atoms with van der Waals surface area (Å²) < 4.78 is 0. The quantitative estimate of drug-likeness (QED) is 0.561. The van der Waals surface area contributed by atoms with Crippen LogP contribution in [0.2, 0.25) is 0 Å². The van der Waals surface area contributed by atoms with Crippen molar-refractivity contribution in [3.8, 4) is 12.3 Å². The van der Waals surface area contributed by atoms with Gasteiger partial charge in [-0.2, -0.15) is 0 Å². The normalized spacial score (nSPS) is 19.5. The molecule has 1 aliphatic heterocycles. The van der Waals surface area contributed by atoms with Crippen LogP contribution in [0.4, 0.5) is 4.79 Å². The molecule has 1 aromatic carbocycles. The molecule has 1 unspecified atom stereocenters. The smallest absolute Gasteiger partial charge is 0.325 e. The summed E-state index contributed by atoms with van der Waals surface area (Å²) >= 11 is 0. The molecule has 1 heterocycles. The second kappa shape index (κ2) is 8.05. The van der Waals surface area contributed by atoms with Crippen molar-refractivity contribution in [2.45, 2.75) is 64.5 Å². The zero-order valence-corrected chi connectivity index (χ0v) is 17.3. The van der Waals surface area contributed by atoms with E-state index in [0.29, 0.717) is 24.3 Å². The van der Waals surface area contributed by atoms with Crippen LogP contribution in [0.15, 0.2) is 24.3 Å². The van der Waals surface area contributed by atoms with Crippen LogP contribution in [-0.4, -0.2) is 34.8 Å². The number of urea groups is 1. The number of hydrogen-bond donors (Lipinski definition) is 2. The minimum atomic E-state index is -1.20. The maximum absolute atomic E-state index is 13.0. The van der Waals surface area contributed by atoms with E-state index < -0.39 is 28.9 Å². The average Bonchev–Trinajstić information content (AvgIpc) is 2.90. The fraction of sp³-hybridized carbons (Fsp3) is 0.500. The lowest BCUT2D eigenvalue weighted by Gasteiger charge is -2.28. The number of nitrogens with zero attached hydrogens (tertiary/aromatic N) is 1. The Labute approximate surface area is 167 Å². The number of nitrogens with one attached hydrogen (secondary N) is 2. The predicted octanol–water partition coefficient (Wildman–Crippen LogP) is 2.89. The van der Waals surface area contributed by atoms with Gasteiger partial charge < -0.3 is 10.6 Å². The van der Waals surface area contributed by atoms with Gasteiger partial charge in [0.05, 0.1) is 0 Å². The summed E-state index contributed by atoms with van der Waals surface area (Å²) in [6.45, 7) is 9.22. The van der Waals surface area contributed by atoms with Gasteiger partial charge in [0.2, 0.25) is 5.91 Å². The molecule has 6 nitrogen and oxygen atoms in total. The molecule has 1 fully saturated rings. The topological polar surface area (TPSA) is 78.5 Å². The van der Waals surface area contributed by atoms with Crippen LogP contribution in [0.5, 0.6) is 0 Å². The van der Waals surface area contributed by atoms with Crippen LogP contribution >= 0.6 is 0 Å². The predicted molar refractivity (Wildman–Crippen MR) is 108 cm³/mol. The summed E-state index contributed by atoms with van der Waals surface area (Å²) in [5.74, 6) is 2.07. The Hall–Kier alpha value is -2.81. The van der Waals surface area contributed by atoms with Crippen LogP contribution in [0, 0.1) is 12.3 Å². The molecule has 0 aromatic heterocycles. The number of imide groups is 1. The first-order valence-electron chi connectivity index (χ1n) is 9.65. The first kappa shape index (κ1) is 21.5. The monoisotopic (exact) mass is 383 g/mol. The highest BCUT2D eigenvalue weighted by molar-refractivity contribution is 6.09. The van der Waals surface area contributed by atoms with Gasteiger partial charge in [-0.1, -0.05) is 57.9 Å². The van der Waals surface area contributed by atoms with E-state index in [4.69, 9.17) is 6.42 Å². The SMILES string of the molecule is C#CC(CC)(CC)NC(=O)CN1C(=O)NC(C)(c2ccc(C(C)C)cc2)C1=O. The molecule has 1 aromatic rings. The largest absolute Gasteiger partial charge is 0.338 e. The summed E-state index contributed by atoms with van der Waals surface area (Å²) in [5, 5.41) is 5.51. The van der Waals surface area contributed by atoms with Crippen LogP contribution in [-0.2, 0) is 15.1 Å². The number of terminal acetylenes is 1. The van der Waals surface area contributed by atoms with Gasteiger partial charge in [-0.3, -0.25) is 14.5 Å². The molecule has 2 N–H and O–H groups in total. The highest BCUT2D eigenvalue weighted by Gasteiger charge is 2.49. The van der Waals surface area contributed by atoms with Crippen LogP contribution in [0.25, 0.3) is 0 Å². The lowest BCUT2D eigenvalue weighted by atomic mass is 9.90. The summed E-state index contributed by atoms with van der Waals surface area (Å²) in [4.78, 5) is 38.8. The molecule has 0 radical (unpaired) electrons. The Balaban J connectivity index is 2.19. The van der Waals surface area contributed by atoms with E-state index >= 15 is 0 Å². The number of rotatable bonds is 7. The molecule has 1 aliphatic rings. The molecule has 0 bridgehead atoms. The van der Waals surface area contributed by atoms with E-state index in [2.05, 4.69) is 30.4 Å². The second-order valence-corrected chi connectivity index (χ2v) is 7.70. The maximum atomic E-state index is 13.0. The number of carbonyl (C=O) groups excluding carboxylic acids is 3. The van der Waals surface area contributed by atoms with Crippen LogP contribution in [0.3, 0.4) is 0 Å². The van der Waals surface area contributed by atoms with Gasteiger partial charge in [-0.05, 0) is 36.8 Å². The summed E-state index contributed by atoms with van der Waals surface area (Å²) in [6.07, 6.45) is 6.69. The van der Waals surface area contributed by atoms with Crippen molar-refractivity contribution >= 4 is 17.8 Å². The fourth-order valence-corrected chi connectivity index (χ4v) is 3.35. The highest BCUT2D eigenvalue weighted by Crippen LogP contribution is 2.30. The Morgan fingerprint density at radius 2 is 1.82 bits per heavy atom. The molecule has 28 heavy (non-hydrogen) atoms. The first-order chi connectivity index (χ1) is 13.1. The van der Waals surface area contributed by atoms with E-state index in [-0.39, 0.29) is 6.54 Å². The number of amides is 4.